The van der Waals surface area contributed by atoms with Gasteiger partial charge < -0.3 is 20.7 Å². The number of benzene rings is 1. The number of aryl methyl sites for hydroxylation is 1. The number of hydrogen-bond donors (Lipinski definition) is 4. The number of aliphatic hydroxyl groups is 1. The monoisotopic (exact) mass is 332 g/mol. The third-order valence-electron chi connectivity index (χ3n) is 3.89. The zero-order chi connectivity index (χ0) is 17.6. The quantitative estimate of drug-likeness (QED) is 0.560. The van der Waals surface area contributed by atoms with Crippen LogP contribution in [0.2, 0.25) is 0 Å². The minimum absolute atomic E-state index is 0.125. The number of aliphatic hydroxyl groups excluding tert-OH is 1. The molecule has 0 spiro atoms. The molecule has 4 N–H and O–H groups in total. The summed E-state index contributed by atoms with van der Waals surface area (Å²) in [6.07, 6.45) is 1.90. The number of amides is 2. The lowest BCUT2D eigenvalue weighted by atomic mass is 9.87. The molecule has 0 saturated carbocycles. The predicted octanol–water partition coefficient (Wildman–Crippen LogP) is 2.59. The fourth-order valence-electron chi connectivity index (χ4n) is 2.84. The number of fused-ring (bicyclic) bond motifs is 1. The topological polar surface area (TPSA) is 90.0 Å². The number of H-pyrrole nitrogens is 1. The van der Waals surface area contributed by atoms with Gasteiger partial charge in [-0.3, -0.25) is 0 Å². The summed E-state index contributed by atoms with van der Waals surface area (Å²) in [5.41, 5.74) is 1.89. The smallest absolute Gasteiger partial charge is 0.314 e. The average Bonchev–Trinajstić information content (AvgIpc) is 2.91. The molecule has 6 nitrogen and oxygen atoms in total. The molecule has 1 heterocycles. The minimum Gasteiger partial charge on any atom is -0.393 e. The average molecular weight is 332 g/mol. The van der Waals surface area contributed by atoms with Crippen LogP contribution in [0, 0.1) is 5.41 Å². The molecule has 24 heavy (non-hydrogen) atoms. The Hall–Kier alpha value is -2.08. The summed E-state index contributed by atoms with van der Waals surface area (Å²) in [4.78, 5) is 19.6. The predicted molar refractivity (Wildman–Crippen MR) is 95.9 cm³/mol. The molecule has 1 unspecified atom stereocenters. The number of hydrogen-bond acceptors (Lipinski definition) is 3. The Morgan fingerprint density at radius 1 is 1.33 bits per heavy atom. The van der Waals surface area contributed by atoms with E-state index in [-0.39, 0.29) is 17.6 Å². The van der Waals surface area contributed by atoms with Gasteiger partial charge in [-0.2, -0.15) is 0 Å². The summed E-state index contributed by atoms with van der Waals surface area (Å²) < 4.78 is 0. The number of carbonyl (C=O) groups is 1. The van der Waals surface area contributed by atoms with E-state index < -0.39 is 0 Å². The third kappa shape index (κ3) is 5.85. The van der Waals surface area contributed by atoms with Crippen molar-refractivity contribution < 1.29 is 9.90 Å². The van der Waals surface area contributed by atoms with Crippen molar-refractivity contribution in [2.24, 2.45) is 5.41 Å². The number of nitrogens with zero attached hydrogens (tertiary/aromatic N) is 1. The summed E-state index contributed by atoms with van der Waals surface area (Å²) in [5.74, 6) is 0.941. The van der Waals surface area contributed by atoms with Crippen LogP contribution in [0.3, 0.4) is 0 Å². The molecule has 0 radical (unpaired) electrons. The number of aromatic nitrogens is 2. The van der Waals surface area contributed by atoms with Crippen LogP contribution in [0.1, 0.15) is 39.4 Å². The van der Waals surface area contributed by atoms with Crippen LogP contribution >= 0.6 is 0 Å². The van der Waals surface area contributed by atoms with Gasteiger partial charge in [-0.15, -0.1) is 0 Å². The van der Waals surface area contributed by atoms with Crippen LogP contribution in [0.15, 0.2) is 24.3 Å². The summed E-state index contributed by atoms with van der Waals surface area (Å²) >= 11 is 0. The van der Waals surface area contributed by atoms with Crippen molar-refractivity contribution in [1.82, 2.24) is 20.6 Å². The highest BCUT2D eigenvalue weighted by Gasteiger charge is 2.20. The number of imidazole rings is 1. The van der Waals surface area contributed by atoms with Crippen molar-refractivity contribution in [3.05, 3.63) is 30.1 Å². The first-order chi connectivity index (χ1) is 11.4. The molecule has 1 atom stereocenters. The molecule has 2 rings (SSSR count). The maximum absolute atomic E-state index is 11.8. The lowest BCUT2D eigenvalue weighted by molar-refractivity contribution is 0.129. The number of aromatic amines is 1. The Morgan fingerprint density at radius 3 is 2.79 bits per heavy atom. The molecular formula is C18H28N4O2. The highest BCUT2D eigenvalue weighted by molar-refractivity contribution is 5.75. The first-order valence-corrected chi connectivity index (χ1v) is 8.49. The number of para-hydroxylation sites is 2. The number of rotatable bonds is 8. The molecule has 2 aromatic rings. The van der Waals surface area contributed by atoms with Gasteiger partial charge in [-0.1, -0.05) is 26.0 Å². The largest absolute Gasteiger partial charge is 0.393 e. The molecule has 0 fully saturated rings. The van der Waals surface area contributed by atoms with E-state index >= 15 is 0 Å². The van der Waals surface area contributed by atoms with Gasteiger partial charge in [0.2, 0.25) is 0 Å². The van der Waals surface area contributed by atoms with E-state index in [4.69, 9.17) is 0 Å². The van der Waals surface area contributed by atoms with Crippen molar-refractivity contribution in [3.8, 4) is 0 Å². The molecular weight excluding hydrogens is 304 g/mol. The summed E-state index contributed by atoms with van der Waals surface area (Å²) in [5, 5.41) is 15.2. The molecule has 2 amide bonds. The van der Waals surface area contributed by atoms with Gasteiger partial charge in [0, 0.05) is 19.5 Å². The lowest BCUT2D eigenvalue weighted by Gasteiger charge is -2.26. The second-order valence-corrected chi connectivity index (χ2v) is 7.13. The Balaban J connectivity index is 1.65. The molecule has 1 aromatic heterocycles. The van der Waals surface area contributed by atoms with E-state index in [1.807, 2.05) is 38.1 Å². The van der Waals surface area contributed by atoms with E-state index in [0.717, 1.165) is 29.7 Å². The van der Waals surface area contributed by atoms with Crippen LogP contribution in [0.4, 0.5) is 4.79 Å². The number of nitrogens with one attached hydrogen (secondary N) is 3. The molecule has 0 saturated heterocycles. The second-order valence-electron chi connectivity index (χ2n) is 7.13. The molecule has 0 aliphatic rings. The van der Waals surface area contributed by atoms with E-state index in [2.05, 4.69) is 20.6 Å². The zero-order valence-electron chi connectivity index (χ0n) is 14.7. The van der Waals surface area contributed by atoms with Crippen LogP contribution in [-0.2, 0) is 6.42 Å². The fourth-order valence-corrected chi connectivity index (χ4v) is 2.84. The molecule has 0 aliphatic carbocycles. The van der Waals surface area contributed by atoms with Gasteiger partial charge in [0.15, 0.2) is 0 Å². The summed E-state index contributed by atoms with van der Waals surface area (Å²) in [7, 11) is 0. The molecule has 132 valence electrons. The van der Waals surface area contributed by atoms with Crippen molar-refractivity contribution in [3.63, 3.8) is 0 Å². The van der Waals surface area contributed by atoms with Crippen LogP contribution < -0.4 is 10.6 Å². The second kappa shape index (κ2) is 8.15. The Morgan fingerprint density at radius 2 is 2.08 bits per heavy atom. The van der Waals surface area contributed by atoms with Crippen LogP contribution in [-0.4, -0.2) is 40.3 Å². The summed E-state index contributed by atoms with van der Waals surface area (Å²) in [6.45, 7) is 6.95. The van der Waals surface area contributed by atoms with Gasteiger partial charge in [0.25, 0.3) is 0 Å². The molecule has 0 aliphatic heterocycles. The normalized spacial score (nSPS) is 13.0. The van der Waals surface area contributed by atoms with Crippen molar-refractivity contribution in [1.29, 1.82) is 0 Å². The Bertz CT molecular complexity index is 631. The highest BCUT2D eigenvalue weighted by Crippen LogP contribution is 2.20. The lowest BCUT2D eigenvalue weighted by Crippen LogP contribution is -2.41. The van der Waals surface area contributed by atoms with Crippen LogP contribution in [0.25, 0.3) is 11.0 Å². The number of urea groups is 1. The maximum Gasteiger partial charge on any atom is 0.314 e. The van der Waals surface area contributed by atoms with E-state index in [0.29, 0.717) is 19.5 Å². The van der Waals surface area contributed by atoms with Crippen molar-refractivity contribution >= 4 is 17.1 Å². The zero-order valence-corrected chi connectivity index (χ0v) is 14.7. The fraction of sp³-hybridized carbons (Fsp3) is 0.556. The van der Waals surface area contributed by atoms with Gasteiger partial charge >= 0.3 is 6.03 Å². The van der Waals surface area contributed by atoms with Gasteiger partial charge in [0.1, 0.15) is 5.82 Å². The van der Waals surface area contributed by atoms with Crippen molar-refractivity contribution in [2.45, 2.75) is 46.1 Å². The van der Waals surface area contributed by atoms with E-state index in [1.165, 1.54) is 0 Å². The van der Waals surface area contributed by atoms with E-state index in [9.17, 15) is 9.90 Å². The van der Waals surface area contributed by atoms with Gasteiger partial charge in [-0.05, 0) is 37.3 Å². The summed E-state index contributed by atoms with van der Waals surface area (Å²) in [6, 6.07) is 7.77. The van der Waals surface area contributed by atoms with E-state index in [1.54, 1.807) is 6.92 Å². The maximum atomic E-state index is 11.8. The SMILES string of the molecule is CC(O)CC(C)(C)CNC(=O)NCCCc1nc2ccccc2[nH]1. The molecule has 1 aromatic carbocycles. The van der Waals surface area contributed by atoms with Crippen molar-refractivity contribution in [2.75, 3.05) is 13.1 Å². The third-order valence-corrected chi connectivity index (χ3v) is 3.89. The molecule has 0 bridgehead atoms. The Labute approximate surface area is 143 Å². The Kier molecular flexibility index (Phi) is 6.20. The first-order valence-electron chi connectivity index (χ1n) is 8.49. The highest BCUT2D eigenvalue weighted by atomic mass is 16.3. The first kappa shape index (κ1) is 18.3. The van der Waals surface area contributed by atoms with Gasteiger partial charge in [0.05, 0.1) is 17.1 Å². The standard InChI is InChI=1S/C18H28N4O2/c1-13(23)11-18(2,3)12-20-17(24)19-10-6-9-16-21-14-7-4-5-8-15(14)22-16/h4-5,7-8,13,23H,6,9-12H2,1-3H3,(H,21,22)(H2,19,20,24). The molecule has 6 heteroatoms. The van der Waals surface area contributed by atoms with Crippen LogP contribution in [0.5, 0.6) is 0 Å². The minimum atomic E-state index is -0.367. The van der Waals surface area contributed by atoms with Gasteiger partial charge in [-0.25, -0.2) is 9.78 Å². The number of carbonyl (C=O) groups excluding carboxylic acids is 1.